The van der Waals surface area contributed by atoms with Gasteiger partial charge < -0.3 is 10.1 Å². The van der Waals surface area contributed by atoms with Crippen LogP contribution in [0.4, 0.5) is 11.4 Å². The van der Waals surface area contributed by atoms with E-state index in [1.807, 2.05) is 6.92 Å². The van der Waals surface area contributed by atoms with E-state index >= 15 is 0 Å². The molecule has 29 heavy (non-hydrogen) atoms. The Morgan fingerprint density at radius 2 is 1.76 bits per heavy atom. The number of imide groups is 1. The van der Waals surface area contributed by atoms with Crippen LogP contribution in [0.1, 0.15) is 29.3 Å². The number of hydrogen-bond acceptors (Lipinski definition) is 5. The first-order chi connectivity index (χ1) is 13.8. The van der Waals surface area contributed by atoms with Crippen molar-refractivity contribution in [3.63, 3.8) is 0 Å². The molecule has 1 aliphatic rings. The van der Waals surface area contributed by atoms with Gasteiger partial charge in [-0.2, -0.15) is 0 Å². The number of ether oxygens (including phenoxy) is 1. The zero-order valence-corrected chi connectivity index (χ0v) is 17.3. The molecule has 0 radical (unpaired) electrons. The predicted molar refractivity (Wildman–Crippen MR) is 112 cm³/mol. The largest absolute Gasteiger partial charge is 0.462 e. The van der Waals surface area contributed by atoms with E-state index in [0.29, 0.717) is 34.1 Å². The van der Waals surface area contributed by atoms with Crippen molar-refractivity contribution < 1.29 is 19.1 Å². The molecular formula is C21H18Cl2N2O4. The van der Waals surface area contributed by atoms with Gasteiger partial charge in [-0.25, -0.2) is 9.69 Å². The molecule has 0 bridgehead atoms. The van der Waals surface area contributed by atoms with E-state index in [4.69, 9.17) is 27.9 Å². The Labute approximate surface area is 178 Å². The molecule has 0 aliphatic carbocycles. The highest BCUT2D eigenvalue weighted by Gasteiger charge is 2.39. The standard InChI is InChI=1S/C21H18Cl2N2O4/c1-3-11-29-21(28)13-7-9-14(10-8-13)24-18-17(23)19(26)25(20(18)27)16-6-4-5-15(22)12(16)2/h4-10,24H,3,11H2,1-2H3. The highest BCUT2D eigenvalue weighted by molar-refractivity contribution is 6.53. The van der Waals surface area contributed by atoms with E-state index in [-0.39, 0.29) is 10.7 Å². The molecule has 0 spiro atoms. The molecule has 0 fully saturated rings. The molecule has 2 aromatic carbocycles. The minimum Gasteiger partial charge on any atom is -0.462 e. The molecule has 1 heterocycles. The van der Waals surface area contributed by atoms with Crippen LogP contribution in [-0.2, 0) is 14.3 Å². The van der Waals surface area contributed by atoms with Gasteiger partial charge in [0.15, 0.2) is 0 Å². The first-order valence-corrected chi connectivity index (χ1v) is 9.68. The monoisotopic (exact) mass is 432 g/mol. The van der Waals surface area contributed by atoms with Crippen molar-refractivity contribution in [1.82, 2.24) is 0 Å². The summed E-state index contributed by atoms with van der Waals surface area (Å²) in [5.74, 6) is -1.65. The highest BCUT2D eigenvalue weighted by atomic mass is 35.5. The van der Waals surface area contributed by atoms with Gasteiger partial charge in [0.1, 0.15) is 10.7 Å². The van der Waals surface area contributed by atoms with Gasteiger partial charge in [-0.05, 0) is 55.3 Å². The topological polar surface area (TPSA) is 75.7 Å². The van der Waals surface area contributed by atoms with Gasteiger partial charge in [0.25, 0.3) is 11.8 Å². The molecule has 6 nitrogen and oxygen atoms in total. The second kappa shape index (κ2) is 8.68. The summed E-state index contributed by atoms with van der Waals surface area (Å²) in [6.45, 7) is 3.97. The number of halogens is 2. The fourth-order valence-corrected chi connectivity index (χ4v) is 3.16. The van der Waals surface area contributed by atoms with Gasteiger partial charge in [-0.1, -0.05) is 36.2 Å². The van der Waals surface area contributed by atoms with Crippen molar-refractivity contribution in [2.75, 3.05) is 16.8 Å². The molecule has 0 saturated carbocycles. The number of rotatable bonds is 6. The molecule has 8 heteroatoms. The van der Waals surface area contributed by atoms with Crippen LogP contribution in [0.3, 0.4) is 0 Å². The molecule has 3 rings (SSSR count). The molecule has 1 N–H and O–H groups in total. The highest BCUT2D eigenvalue weighted by Crippen LogP contribution is 2.34. The zero-order chi connectivity index (χ0) is 21.1. The zero-order valence-electron chi connectivity index (χ0n) is 15.8. The minimum atomic E-state index is -0.635. The number of esters is 1. The smallest absolute Gasteiger partial charge is 0.338 e. The van der Waals surface area contributed by atoms with Crippen LogP contribution in [-0.4, -0.2) is 24.4 Å². The maximum Gasteiger partial charge on any atom is 0.338 e. The number of hydrogen-bond donors (Lipinski definition) is 1. The van der Waals surface area contributed by atoms with Crippen LogP contribution < -0.4 is 10.2 Å². The van der Waals surface area contributed by atoms with Crippen molar-refractivity contribution in [3.8, 4) is 0 Å². The number of benzene rings is 2. The molecule has 2 amide bonds. The van der Waals surface area contributed by atoms with E-state index in [1.165, 1.54) is 0 Å². The fourth-order valence-electron chi connectivity index (χ4n) is 2.78. The van der Waals surface area contributed by atoms with Crippen molar-refractivity contribution in [1.29, 1.82) is 0 Å². The van der Waals surface area contributed by atoms with Crippen LogP contribution in [0, 0.1) is 6.92 Å². The number of anilines is 2. The SMILES string of the molecule is CCCOC(=O)c1ccc(NC2=C(Cl)C(=O)N(c3cccc(Cl)c3C)C2=O)cc1. The van der Waals surface area contributed by atoms with E-state index in [1.54, 1.807) is 49.4 Å². The number of carbonyl (C=O) groups excluding carboxylic acids is 3. The lowest BCUT2D eigenvalue weighted by molar-refractivity contribution is -0.120. The van der Waals surface area contributed by atoms with Gasteiger partial charge in [0.05, 0.1) is 17.9 Å². The maximum atomic E-state index is 12.9. The Balaban J connectivity index is 1.81. The average Bonchev–Trinajstić information content (AvgIpc) is 2.92. The van der Waals surface area contributed by atoms with E-state index in [0.717, 1.165) is 11.3 Å². The van der Waals surface area contributed by atoms with Gasteiger partial charge in [-0.15, -0.1) is 0 Å². The molecular weight excluding hydrogens is 415 g/mol. The Morgan fingerprint density at radius 1 is 1.07 bits per heavy atom. The van der Waals surface area contributed by atoms with E-state index in [9.17, 15) is 14.4 Å². The lowest BCUT2D eigenvalue weighted by Gasteiger charge is -2.18. The third-order valence-corrected chi connectivity index (χ3v) is 5.09. The van der Waals surface area contributed by atoms with Gasteiger partial charge in [0.2, 0.25) is 0 Å². The molecule has 150 valence electrons. The van der Waals surface area contributed by atoms with Crippen LogP contribution in [0.2, 0.25) is 5.02 Å². The molecule has 0 atom stereocenters. The quantitative estimate of drug-likeness (QED) is 0.530. The first kappa shape index (κ1) is 20.9. The summed E-state index contributed by atoms with van der Waals surface area (Å²) >= 11 is 12.3. The maximum absolute atomic E-state index is 12.9. The summed E-state index contributed by atoms with van der Waals surface area (Å²) in [4.78, 5) is 38.3. The molecule has 2 aromatic rings. The van der Waals surface area contributed by atoms with E-state index < -0.39 is 17.8 Å². The van der Waals surface area contributed by atoms with Crippen LogP contribution >= 0.6 is 23.2 Å². The van der Waals surface area contributed by atoms with Crippen LogP contribution in [0.25, 0.3) is 0 Å². The van der Waals surface area contributed by atoms with Gasteiger partial charge in [0, 0.05) is 10.7 Å². The predicted octanol–water partition coefficient (Wildman–Crippen LogP) is 4.65. The number of carbonyl (C=O) groups is 3. The summed E-state index contributed by atoms with van der Waals surface area (Å²) in [6, 6.07) is 11.3. The average molecular weight is 433 g/mol. The van der Waals surface area contributed by atoms with Gasteiger partial charge >= 0.3 is 5.97 Å². The van der Waals surface area contributed by atoms with Crippen molar-refractivity contribution in [2.24, 2.45) is 0 Å². The van der Waals surface area contributed by atoms with E-state index in [2.05, 4.69) is 5.32 Å². The minimum absolute atomic E-state index is 0.0441. The summed E-state index contributed by atoms with van der Waals surface area (Å²) in [6.07, 6.45) is 0.733. The normalized spacial score (nSPS) is 13.9. The van der Waals surface area contributed by atoms with Crippen molar-refractivity contribution in [3.05, 3.63) is 69.3 Å². The summed E-state index contributed by atoms with van der Waals surface area (Å²) in [5.41, 5.74) is 1.80. The molecule has 0 aromatic heterocycles. The molecule has 0 saturated heterocycles. The Hall–Kier alpha value is -2.83. The Morgan fingerprint density at radius 3 is 2.41 bits per heavy atom. The second-order valence-corrected chi connectivity index (χ2v) is 7.14. The number of nitrogens with one attached hydrogen (secondary N) is 1. The fraction of sp³-hybridized carbons (Fsp3) is 0.190. The lowest BCUT2D eigenvalue weighted by atomic mass is 10.2. The summed E-state index contributed by atoms with van der Waals surface area (Å²) in [5, 5.41) is 3.08. The van der Waals surface area contributed by atoms with Crippen LogP contribution in [0.5, 0.6) is 0 Å². The Bertz CT molecular complexity index is 1020. The van der Waals surface area contributed by atoms with Crippen molar-refractivity contribution >= 4 is 52.4 Å². The number of amides is 2. The third kappa shape index (κ3) is 4.13. The summed E-state index contributed by atoms with van der Waals surface area (Å²) in [7, 11) is 0. The number of nitrogens with zero attached hydrogens (tertiary/aromatic N) is 1. The van der Waals surface area contributed by atoms with Crippen LogP contribution in [0.15, 0.2) is 53.2 Å². The van der Waals surface area contributed by atoms with Gasteiger partial charge in [-0.3, -0.25) is 9.59 Å². The molecule has 1 aliphatic heterocycles. The molecule has 0 unspecified atom stereocenters. The Kier molecular flexibility index (Phi) is 6.25. The lowest BCUT2D eigenvalue weighted by Crippen LogP contribution is -2.32. The first-order valence-electron chi connectivity index (χ1n) is 8.93. The summed E-state index contributed by atoms with van der Waals surface area (Å²) < 4.78 is 5.08. The van der Waals surface area contributed by atoms with Crippen molar-refractivity contribution in [2.45, 2.75) is 20.3 Å². The third-order valence-electron chi connectivity index (χ3n) is 4.33. The second-order valence-electron chi connectivity index (χ2n) is 6.36.